The zero-order chi connectivity index (χ0) is 17.4. The molecule has 25 heavy (non-hydrogen) atoms. The number of anilines is 2. The summed E-state index contributed by atoms with van der Waals surface area (Å²) < 4.78 is 9.25. The van der Waals surface area contributed by atoms with E-state index in [-0.39, 0.29) is 0 Å². The number of benzene rings is 1. The molecule has 0 aliphatic rings. The largest absolute Gasteiger partial charge is 0.497 e. The molecule has 0 fully saturated rings. The molecule has 3 aromatic heterocycles. The lowest BCUT2D eigenvalue weighted by atomic mass is 10.2. The van der Waals surface area contributed by atoms with Gasteiger partial charge < -0.3 is 14.6 Å². The molecule has 6 heteroatoms. The molecule has 0 spiro atoms. The van der Waals surface area contributed by atoms with Gasteiger partial charge in [0.15, 0.2) is 0 Å². The summed E-state index contributed by atoms with van der Waals surface area (Å²) in [6, 6.07) is 12.0. The van der Waals surface area contributed by atoms with Gasteiger partial charge in [0.25, 0.3) is 0 Å². The average molecular weight is 333 g/mol. The van der Waals surface area contributed by atoms with Gasteiger partial charge in [-0.05, 0) is 24.3 Å². The predicted octanol–water partition coefficient (Wildman–Crippen LogP) is 3.73. The van der Waals surface area contributed by atoms with Gasteiger partial charge in [0.2, 0.25) is 0 Å². The van der Waals surface area contributed by atoms with Gasteiger partial charge in [-0.3, -0.25) is 4.68 Å². The van der Waals surface area contributed by atoms with Crippen LogP contribution < -0.4 is 10.1 Å². The standard InChI is InChI=1S/C19H19N5O/c1-23-12-13(11-21-23)18-10-16-17(24(18)2)7-8-20-19(16)22-14-5-4-6-15(9-14)25-3/h4-12H,1-3H3,(H,20,22). The fourth-order valence-electron chi connectivity index (χ4n) is 3.03. The summed E-state index contributed by atoms with van der Waals surface area (Å²) in [4.78, 5) is 4.52. The van der Waals surface area contributed by atoms with Gasteiger partial charge in [-0.15, -0.1) is 0 Å². The number of aryl methyl sites for hydroxylation is 2. The molecular weight excluding hydrogens is 314 g/mol. The molecule has 0 saturated heterocycles. The molecule has 0 saturated carbocycles. The lowest BCUT2D eigenvalue weighted by molar-refractivity contribution is 0.415. The first-order valence-electron chi connectivity index (χ1n) is 8.00. The van der Waals surface area contributed by atoms with Crippen molar-refractivity contribution in [2.45, 2.75) is 0 Å². The summed E-state index contributed by atoms with van der Waals surface area (Å²) in [5.41, 5.74) is 4.23. The molecule has 1 aromatic carbocycles. The maximum absolute atomic E-state index is 5.29. The number of pyridine rings is 1. The Bertz CT molecular complexity index is 1050. The van der Waals surface area contributed by atoms with E-state index < -0.39 is 0 Å². The number of aromatic nitrogens is 4. The van der Waals surface area contributed by atoms with Gasteiger partial charge in [0.05, 0.1) is 24.5 Å². The van der Waals surface area contributed by atoms with Crippen molar-refractivity contribution >= 4 is 22.4 Å². The predicted molar refractivity (Wildman–Crippen MR) is 99.2 cm³/mol. The summed E-state index contributed by atoms with van der Waals surface area (Å²) >= 11 is 0. The zero-order valence-corrected chi connectivity index (χ0v) is 14.4. The number of nitrogens with zero attached hydrogens (tertiary/aromatic N) is 4. The second kappa shape index (κ2) is 5.98. The van der Waals surface area contributed by atoms with E-state index in [2.05, 4.69) is 33.1 Å². The molecule has 6 nitrogen and oxygen atoms in total. The number of fused-ring (bicyclic) bond motifs is 1. The Morgan fingerprint density at radius 3 is 2.76 bits per heavy atom. The highest BCUT2D eigenvalue weighted by Gasteiger charge is 2.13. The van der Waals surface area contributed by atoms with Crippen molar-refractivity contribution in [3.63, 3.8) is 0 Å². The lowest BCUT2D eigenvalue weighted by Crippen LogP contribution is -1.95. The lowest BCUT2D eigenvalue weighted by Gasteiger charge is -2.08. The van der Waals surface area contributed by atoms with E-state index in [1.165, 1.54) is 0 Å². The molecule has 0 bridgehead atoms. The maximum Gasteiger partial charge on any atom is 0.139 e. The van der Waals surface area contributed by atoms with Crippen LogP contribution in [0.2, 0.25) is 0 Å². The summed E-state index contributed by atoms with van der Waals surface area (Å²) in [5, 5.41) is 8.73. The number of rotatable bonds is 4. The molecule has 4 rings (SSSR count). The highest BCUT2D eigenvalue weighted by atomic mass is 16.5. The summed E-state index contributed by atoms with van der Waals surface area (Å²) in [6.07, 6.45) is 5.70. The van der Waals surface area contributed by atoms with Crippen LogP contribution in [0.5, 0.6) is 5.75 Å². The van der Waals surface area contributed by atoms with Crippen molar-refractivity contribution in [1.82, 2.24) is 19.3 Å². The fraction of sp³-hybridized carbons (Fsp3) is 0.158. The Morgan fingerprint density at radius 1 is 1.12 bits per heavy atom. The van der Waals surface area contributed by atoms with E-state index in [0.717, 1.165) is 39.4 Å². The van der Waals surface area contributed by atoms with Crippen LogP contribution in [-0.4, -0.2) is 26.4 Å². The monoisotopic (exact) mass is 333 g/mol. The van der Waals surface area contributed by atoms with Crippen LogP contribution in [0.3, 0.4) is 0 Å². The molecule has 0 radical (unpaired) electrons. The SMILES string of the molecule is COc1cccc(Nc2nccc3c2cc(-c2cnn(C)c2)n3C)c1. The topological polar surface area (TPSA) is 56.9 Å². The maximum atomic E-state index is 5.29. The molecule has 1 N–H and O–H groups in total. The van der Waals surface area contributed by atoms with Gasteiger partial charge in [-0.2, -0.15) is 5.10 Å². The number of ether oxygens (including phenoxy) is 1. The highest BCUT2D eigenvalue weighted by Crippen LogP contribution is 2.32. The normalized spacial score (nSPS) is 11.0. The van der Waals surface area contributed by atoms with E-state index in [4.69, 9.17) is 4.74 Å². The van der Waals surface area contributed by atoms with Crippen molar-refractivity contribution < 1.29 is 4.74 Å². The Labute approximate surface area is 145 Å². The summed E-state index contributed by atoms with van der Waals surface area (Å²) in [6.45, 7) is 0. The molecule has 0 atom stereocenters. The van der Waals surface area contributed by atoms with Gasteiger partial charge in [-0.1, -0.05) is 6.07 Å². The van der Waals surface area contributed by atoms with E-state index in [1.807, 2.05) is 56.0 Å². The quantitative estimate of drug-likeness (QED) is 0.618. The number of methoxy groups -OCH3 is 1. The van der Waals surface area contributed by atoms with Gasteiger partial charge in [-0.25, -0.2) is 4.98 Å². The number of nitrogens with one attached hydrogen (secondary N) is 1. The molecule has 0 amide bonds. The van der Waals surface area contributed by atoms with Gasteiger partial charge in [0, 0.05) is 49.2 Å². The second-order valence-corrected chi connectivity index (χ2v) is 5.94. The first kappa shape index (κ1) is 15.3. The summed E-state index contributed by atoms with van der Waals surface area (Å²) in [7, 11) is 5.64. The van der Waals surface area contributed by atoms with Crippen LogP contribution in [0.15, 0.2) is 55.0 Å². The van der Waals surface area contributed by atoms with Crippen LogP contribution in [0, 0.1) is 0 Å². The average Bonchev–Trinajstić information content (AvgIpc) is 3.20. The van der Waals surface area contributed by atoms with Crippen LogP contribution in [0.25, 0.3) is 22.2 Å². The van der Waals surface area contributed by atoms with Crippen molar-refractivity contribution in [3.05, 3.63) is 55.0 Å². The van der Waals surface area contributed by atoms with Crippen LogP contribution in [0.4, 0.5) is 11.5 Å². The van der Waals surface area contributed by atoms with E-state index >= 15 is 0 Å². The smallest absolute Gasteiger partial charge is 0.139 e. The molecule has 3 heterocycles. The third kappa shape index (κ3) is 2.71. The Balaban J connectivity index is 1.79. The van der Waals surface area contributed by atoms with E-state index in [9.17, 15) is 0 Å². The Hall–Kier alpha value is -3.28. The highest BCUT2D eigenvalue weighted by molar-refractivity contribution is 5.95. The minimum Gasteiger partial charge on any atom is -0.497 e. The summed E-state index contributed by atoms with van der Waals surface area (Å²) in [5.74, 6) is 1.62. The Morgan fingerprint density at radius 2 is 2.00 bits per heavy atom. The minimum atomic E-state index is 0.807. The zero-order valence-electron chi connectivity index (χ0n) is 14.4. The van der Waals surface area contributed by atoms with Crippen LogP contribution in [-0.2, 0) is 14.1 Å². The number of hydrogen-bond donors (Lipinski definition) is 1. The van der Waals surface area contributed by atoms with E-state index in [0.29, 0.717) is 0 Å². The van der Waals surface area contributed by atoms with Crippen LogP contribution in [0.1, 0.15) is 0 Å². The third-order valence-electron chi connectivity index (χ3n) is 4.30. The fourth-order valence-corrected chi connectivity index (χ4v) is 3.03. The van der Waals surface area contributed by atoms with Crippen molar-refractivity contribution in [3.8, 4) is 17.0 Å². The minimum absolute atomic E-state index is 0.807. The first-order valence-corrected chi connectivity index (χ1v) is 8.00. The van der Waals surface area contributed by atoms with Crippen molar-refractivity contribution in [2.24, 2.45) is 14.1 Å². The number of hydrogen-bond acceptors (Lipinski definition) is 4. The molecule has 0 aliphatic heterocycles. The molecule has 126 valence electrons. The second-order valence-electron chi connectivity index (χ2n) is 5.94. The van der Waals surface area contributed by atoms with Crippen molar-refractivity contribution in [2.75, 3.05) is 12.4 Å². The van der Waals surface area contributed by atoms with Gasteiger partial charge >= 0.3 is 0 Å². The van der Waals surface area contributed by atoms with Crippen LogP contribution >= 0.6 is 0 Å². The molecule has 0 aliphatic carbocycles. The third-order valence-corrected chi connectivity index (χ3v) is 4.30. The molecule has 0 unspecified atom stereocenters. The molecular formula is C19H19N5O. The Kier molecular flexibility index (Phi) is 3.65. The van der Waals surface area contributed by atoms with E-state index in [1.54, 1.807) is 11.8 Å². The first-order chi connectivity index (χ1) is 12.2. The molecule has 4 aromatic rings. The van der Waals surface area contributed by atoms with Crippen molar-refractivity contribution in [1.29, 1.82) is 0 Å². The van der Waals surface area contributed by atoms with Gasteiger partial charge in [0.1, 0.15) is 11.6 Å².